The molecule has 1 atom stereocenters. The average Bonchev–Trinajstić information content (AvgIpc) is 3.05. The van der Waals surface area contributed by atoms with Crippen LogP contribution >= 0.6 is 0 Å². The summed E-state index contributed by atoms with van der Waals surface area (Å²) in [6.07, 6.45) is -0.778. The van der Waals surface area contributed by atoms with Crippen LogP contribution in [0.3, 0.4) is 0 Å². The highest BCUT2D eigenvalue weighted by Gasteiger charge is 2.17. The zero-order valence-electron chi connectivity index (χ0n) is 13.9. The van der Waals surface area contributed by atoms with Gasteiger partial charge in [0.05, 0.1) is 0 Å². The van der Waals surface area contributed by atoms with E-state index < -0.39 is 17.9 Å². The fourth-order valence-electron chi connectivity index (χ4n) is 2.34. The van der Waals surface area contributed by atoms with E-state index in [1.807, 2.05) is 36.4 Å². The topological polar surface area (TPSA) is 80.6 Å². The van der Waals surface area contributed by atoms with Gasteiger partial charge in [-0.15, -0.1) is 0 Å². The zero-order chi connectivity index (χ0) is 17.8. The summed E-state index contributed by atoms with van der Waals surface area (Å²) in [4.78, 5) is 23.9. The van der Waals surface area contributed by atoms with Gasteiger partial charge in [0.1, 0.15) is 11.5 Å². The third kappa shape index (κ3) is 3.98. The maximum atomic E-state index is 12.1. The molecule has 128 valence electrons. The number of rotatable bonds is 4. The minimum atomic E-state index is -0.778. The van der Waals surface area contributed by atoms with Gasteiger partial charge in [0, 0.05) is 0 Å². The molecular weight excluding hydrogens is 320 g/mol. The molecule has 0 saturated heterocycles. The van der Waals surface area contributed by atoms with Crippen molar-refractivity contribution in [3.8, 4) is 5.75 Å². The lowest BCUT2D eigenvalue weighted by Crippen LogP contribution is -2.47. The molecule has 0 bridgehead atoms. The van der Waals surface area contributed by atoms with Crippen molar-refractivity contribution < 1.29 is 18.7 Å². The van der Waals surface area contributed by atoms with Crippen molar-refractivity contribution in [1.29, 1.82) is 0 Å². The second-order valence-corrected chi connectivity index (χ2v) is 5.62. The first-order valence-electron chi connectivity index (χ1n) is 7.85. The molecule has 0 aliphatic heterocycles. The first-order valence-corrected chi connectivity index (χ1v) is 7.85. The van der Waals surface area contributed by atoms with Crippen LogP contribution in [-0.4, -0.2) is 17.9 Å². The van der Waals surface area contributed by atoms with Crippen molar-refractivity contribution in [2.75, 3.05) is 0 Å². The molecule has 0 saturated carbocycles. The number of carbonyl (C=O) groups is 2. The number of nitrogens with one attached hydrogen (secondary N) is 2. The Morgan fingerprint density at radius 2 is 1.76 bits per heavy atom. The standard InChI is InChI=1S/C19H18N2O4/c1-12-7-10-17(24-12)19(23)21-20-18(22)13(2)25-16-9-8-14-5-3-4-6-15(14)11-16/h3-11,13H,1-2H3,(H,20,22)(H,21,23)/t13-/m0/s1. The van der Waals surface area contributed by atoms with Crippen LogP contribution in [0.5, 0.6) is 5.75 Å². The van der Waals surface area contributed by atoms with E-state index in [0.717, 1.165) is 10.8 Å². The Bertz CT molecular complexity index is 916. The van der Waals surface area contributed by atoms with Gasteiger partial charge in [-0.3, -0.25) is 20.4 Å². The van der Waals surface area contributed by atoms with Crippen LogP contribution in [0.4, 0.5) is 0 Å². The van der Waals surface area contributed by atoms with Gasteiger partial charge in [0.25, 0.3) is 5.91 Å². The van der Waals surface area contributed by atoms with Crippen LogP contribution in [0.25, 0.3) is 10.8 Å². The molecule has 2 N–H and O–H groups in total. The second kappa shape index (κ2) is 7.09. The molecule has 6 nitrogen and oxygen atoms in total. The molecule has 0 spiro atoms. The number of amides is 2. The predicted molar refractivity (Wildman–Crippen MR) is 93.1 cm³/mol. The van der Waals surface area contributed by atoms with Crippen LogP contribution in [-0.2, 0) is 4.79 Å². The van der Waals surface area contributed by atoms with Gasteiger partial charge in [0.15, 0.2) is 11.9 Å². The summed E-state index contributed by atoms with van der Waals surface area (Å²) in [7, 11) is 0. The predicted octanol–water partition coefficient (Wildman–Crippen LogP) is 2.97. The minimum absolute atomic E-state index is 0.126. The van der Waals surface area contributed by atoms with Crippen LogP contribution in [0.1, 0.15) is 23.2 Å². The third-order valence-electron chi connectivity index (χ3n) is 3.67. The SMILES string of the molecule is Cc1ccc(C(=O)NNC(=O)[C@H](C)Oc2ccc3ccccc3c2)o1. The highest BCUT2D eigenvalue weighted by Crippen LogP contribution is 2.21. The number of carbonyl (C=O) groups excluding carboxylic acids is 2. The summed E-state index contributed by atoms with van der Waals surface area (Å²) in [5.41, 5.74) is 4.62. The van der Waals surface area contributed by atoms with E-state index in [4.69, 9.17) is 9.15 Å². The van der Waals surface area contributed by atoms with Gasteiger partial charge in [-0.2, -0.15) is 0 Å². The van der Waals surface area contributed by atoms with Crippen LogP contribution in [0.15, 0.2) is 59.0 Å². The Balaban J connectivity index is 1.57. The van der Waals surface area contributed by atoms with E-state index >= 15 is 0 Å². The summed E-state index contributed by atoms with van der Waals surface area (Å²) in [5.74, 6) is 0.323. The number of furan rings is 1. The molecule has 0 unspecified atom stereocenters. The van der Waals surface area contributed by atoms with Gasteiger partial charge in [-0.25, -0.2) is 0 Å². The highest BCUT2D eigenvalue weighted by molar-refractivity contribution is 5.93. The van der Waals surface area contributed by atoms with E-state index in [1.54, 1.807) is 26.0 Å². The molecule has 0 aliphatic rings. The van der Waals surface area contributed by atoms with Crippen molar-refractivity contribution in [1.82, 2.24) is 10.9 Å². The number of ether oxygens (including phenoxy) is 1. The first kappa shape index (κ1) is 16.6. The van der Waals surface area contributed by atoms with Crippen molar-refractivity contribution in [3.05, 3.63) is 66.1 Å². The third-order valence-corrected chi connectivity index (χ3v) is 3.67. The van der Waals surface area contributed by atoms with Crippen LogP contribution < -0.4 is 15.6 Å². The highest BCUT2D eigenvalue weighted by atomic mass is 16.5. The molecule has 25 heavy (non-hydrogen) atoms. The minimum Gasteiger partial charge on any atom is -0.481 e. The molecule has 2 amide bonds. The average molecular weight is 338 g/mol. The number of hydrogen-bond donors (Lipinski definition) is 2. The Morgan fingerprint density at radius 1 is 1.00 bits per heavy atom. The zero-order valence-corrected chi connectivity index (χ0v) is 13.9. The Kier molecular flexibility index (Phi) is 4.70. The van der Waals surface area contributed by atoms with E-state index in [-0.39, 0.29) is 5.76 Å². The van der Waals surface area contributed by atoms with E-state index in [1.165, 1.54) is 6.07 Å². The fraction of sp³-hybridized carbons (Fsp3) is 0.158. The molecular formula is C19H18N2O4. The lowest BCUT2D eigenvalue weighted by molar-refractivity contribution is -0.128. The van der Waals surface area contributed by atoms with Gasteiger partial charge >= 0.3 is 5.91 Å². The molecule has 0 radical (unpaired) electrons. The van der Waals surface area contributed by atoms with Gasteiger partial charge < -0.3 is 9.15 Å². The van der Waals surface area contributed by atoms with Crippen molar-refractivity contribution >= 4 is 22.6 Å². The molecule has 3 rings (SSSR count). The fourth-order valence-corrected chi connectivity index (χ4v) is 2.34. The summed E-state index contributed by atoms with van der Waals surface area (Å²) >= 11 is 0. The van der Waals surface area contributed by atoms with Crippen LogP contribution in [0.2, 0.25) is 0 Å². The number of hydrazine groups is 1. The summed E-state index contributed by atoms with van der Waals surface area (Å²) in [6.45, 7) is 3.34. The normalized spacial score (nSPS) is 11.8. The van der Waals surface area contributed by atoms with Crippen LogP contribution in [0, 0.1) is 6.92 Å². The lowest BCUT2D eigenvalue weighted by atomic mass is 10.1. The smallest absolute Gasteiger partial charge is 0.305 e. The number of benzene rings is 2. The largest absolute Gasteiger partial charge is 0.481 e. The lowest BCUT2D eigenvalue weighted by Gasteiger charge is -2.15. The quantitative estimate of drug-likeness (QED) is 0.717. The van der Waals surface area contributed by atoms with E-state index in [2.05, 4.69) is 10.9 Å². The van der Waals surface area contributed by atoms with Gasteiger partial charge in [0.2, 0.25) is 0 Å². The van der Waals surface area contributed by atoms with Crippen molar-refractivity contribution in [2.24, 2.45) is 0 Å². The Hall–Kier alpha value is -3.28. The molecule has 6 heteroatoms. The van der Waals surface area contributed by atoms with Crippen molar-refractivity contribution in [2.45, 2.75) is 20.0 Å². The molecule has 0 fully saturated rings. The van der Waals surface area contributed by atoms with E-state index in [9.17, 15) is 9.59 Å². The molecule has 3 aromatic rings. The summed E-state index contributed by atoms with van der Waals surface area (Å²) < 4.78 is 10.8. The summed E-state index contributed by atoms with van der Waals surface area (Å²) in [6, 6.07) is 16.7. The van der Waals surface area contributed by atoms with Gasteiger partial charge in [-0.1, -0.05) is 30.3 Å². The number of fused-ring (bicyclic) bond motifs is 1. The molecule has 1 aromatic heterocycles. The van der Waals surface area contributed by atoms with E-state index in [0.29, 0.717) is 11.5 Å². The van der Waals surface area contributed by atoms with Gasteiger partial charge in [-0.05, 0) is 48.9 Å². The number of aryl methyl sites for hydroxylation is 1. The molecule has 2 aromatic carbocycles. The monoisotopic (exact) mass is 338 g/mol. The second-order valence-electron chi connectivity index (χ2n) is 5.62. The maximum Gasteiger partial charge on any atom is 0.305 e. The Morgan fingerprint density at radius 3 is 2.48 bits per heavy atom. The molecule has 0 aliphatic carbocycles. The number of hydrogen-bond acceptors (Lipinski definition) is 4. The van der Waals surface area contributed by atoms with Crippen molar-refractivity contribution in [3.63, 3.8) is 0 Å². The first-order chi connectivity index (χ1) is 12.0. The summed E-state index contributed by atoms with van der Waals surface area (Å²) in [5, 5.41) is 2.11. The molecule has 1 heterocycles. The maximum absolute atomic E-state index is 12.1. The Labute approximate surface area is 144 Å².